The summed E-state index contributed by atoms with van der Waals surface area (Å²) in [6.45, 7) is 7.00. The van der Waals surface area contributed by atoms with Gasteiger partial charge in [-0.15, -0.1) is 0 Å². The van der Waals surface area contributed by atoms with Crippen molar-refractivity contribution in [2.24, 2.45) is 11.8 Å². The fourth-order valence-electron chi connectivity index (χ4n) is 7.83. The summed E-state index contributed by atoms with van der Waals surface area (Å²) >= 11 is 0. The first kappa shape index (κ1) is 28.2. The van der Waals surface area contributed by atoms with Gasteiger partial charge in [0.2, 0.25) is 0 Å². The largest absolute Gasteiger partial charge is 0.504 e. The van der Waals surface area contributed by atoms with Gasteiger partial charge in [0.15, 0.2) is 11.4 Å². The van der Waals surface area contributed by atoms with Crippen molar-refractivity contribution in [2.45, 2.75) is 63.9 Å². The third-order valence-corrected chi connectivity index (χ3v) is 9.89. The number of hydrogen-bond donors (Lipinski definition) is 4. The summed E-state index contributed by atoms with van der Waals surface area (Å²) in [6, 6.07) is 6.73. The highest BCUT2D eigenvalue weighted by atomic mass is 16.4. The van der Waals surface area contributed by atoms with E-state index in [9.17, 15) is 19.8 Å². The number of hydrogen-bond acceptors (Lipinski definition) is 7. The average molecular weight is 571 g/mol. The molecule has 9 rings (SSSR count). The standard InChI is InChI=1S/C33H38N4O5/c1-4-25(38)16-22-15-24-9-10-26(22)37-13-11-23(12-14-37)33(24,28-20-5-6-21(28)8-7-20)18(2)31-35-19(3)30(41)29(36-31)32(42)34-17-27(39)40/h5-10,15,18,23,25,28,38,41H,4,11-14,16-17H2,1-3H3,(H,34,42)(H,39,40)/t18?,25-,33?/m1/s1. The molecule has 6 heterocycles. The van der Waals surface area contributed by atoms with Crippen LogP contribution in [0.15, 0.2) is 53.6 Å². The first-order valence-electron chi connectivity index (χ1n) is 14.9. The molecule has 2 aromatic rings. The van der Waals surface area contributed by atoms with Crippen LogP contribution < -0.4 is 10.2 Å². The number of allylic oxidation sites excluding steroid dienone is 6. The second kappa shape index (κ2) is 10.7. The Bertz CT molecular complexity index is 1520. The average Bonchev–Trinajstić information content (AvgIpc) is 3.62. The lowest BCUT2D eigenvalue weighted by atomic mass is 9.52. The van der Waals surface area contributed by atoms with Crippen LogP contribution in [-0.4, -0.2) is 62.9 Å². The minimum Gasteiger partial charge on any atom is -0.504 e. The van der Waals surface area contributed by atoms with E-state index in [1.165, 1.54) is 22.4 Å². The van der Waals surface area contributed by atoms with Crippen molar-refractivity contribution in [3.05, 3.63) is 82.0 Å². The van der Waals surface area contributed by atoms with Crippen LogP contribution in [0.25, 0.3) is 0 Å². The highest BCUT2D eigenvalue weighted by molar-refractivity contribution is 5.96. The third-order valence-electron chi connectivity index (χ3n) is 9.89. The van der Waals surface area contributed by atoms with E-state index in [1.54, 1.807) is 6.92 Å². The number of aliphatic carboxylic acids is 1. The highest BCUT2D eigenvalue weighted by Crippen LogP contribution is 2.61. The van der Waals surface area contributed by atoms with Gasteiger partial charge in [-0.25, -0.2) is 9.97 Å². The normalized spacial score (nSPS) is 23.7. The molecule has 4 N–H and O–H groups in total. The van der Waals surface area contributed by atoms with E-state index < -0.39 is 29.9 Å². The van der Waals surface area contributed by atoms with E-state index in [0.29, 0.717) is 18.7 Å². The van der Waals surface area contributed by atoms with Crippen molar-refractivity contribution in [1.29, 1.82) is 0 Å². The van der Waals surface area contributed by atoms with Gasteiger partial charge in [0.05, 0.1) is 11.8 Å². The van der Waals surface area contributed by atoms with Crippen molar-refractivity contribution < 1.29 is 24.9 Å². The second-order valence-corrected chi connectivity index (χ2v) is 12.1. The van der Waals surface area contributed by atoms with E-state index >= 15 is 0 Å². The van der Waals surface area contributed by atoms with Crippen LogP contribution in [-0.2, 0) is 16.6 Å². The monoisotopic (exact) mass is 570 g/mol. The number of aliphatic hydroxyl groups excluding tert-OH is 1. The molecule has 9 heteroatoms. The summed E-state index contributed by atoms with van der Waals surface area (Å²) in [5.41, 5.74) is 5.56. The van der Waals surface area contributed by atoms with Crippen LogP contribution in [0.2, 0.25) is 0 Å². The quantitative estimate of drug-likeness (QED) is 0.356. The van der Waals surface area contributed by atoms with Gasteiger partial charge in [-0.2, -0.15) is 0 Å². The zero-order valence-electron chi connectivity index (χ0n) is 24.3. The number of aromatic hydroxyl groups is 1. The Morgan fingerprint density at radius 2 is 1.83 bits per heavy atom. The van der Waals surface area contributed by atoms with Gasteiger partial charge in [0.25, 0.3) is 5.91 Å². The van der Waals surface area contributed by atoms with Gasteiger partial charge in [0.1, 0.15) is 12.4 Å². The van der Waals surface area contributed by atoms with Gasteiger partial charge in [-0.05, 0) is 60.4 Å². The number of piperidine rings is 1. The number of aryl methyl sites for hydroxylation is 1. The first-order chi connectivity index (χ1) is 20.1. The molecule has 0 spiro atoms. The number of carboxylic acids is 1. The van der Waals surface area contributed by atoms with Crippen molar-refractivity contribution in [2.75, 3.05) is 24.5 Å². The molecule has 7 aliphatic rings. The number of carbonyl (C=O) groups is 2. The molecular weight excluding hydrogens is 532 g/mol. The Kier molecular flexibility index (Phi) is 7.17. The number of benzene rings is 1. The van der Waals surface area contributed by atoms with Crippen LogP contribution in [0.5, 0.6) is 5.75 Å². The van der Waals surface area contributed by atoms with Crippen molar-refractivity contribution in [3.63, 3.8) is 0 Å². The molecule has 1 saturated heterocycles. The fourth-order valence-corrected chi connectivity index (χ4v) is 7.83. The fraction of sp³-hybridized carbons (Fsp3) is 0.455. The molecule has 220 valence electrons. The van der Waals surface area contributed by atoms with Gasteiger partial charge in [-0.1, -0.05) is 50.3 Å². The molecule has 5 aliphatic heterocycles. The van der Waals surface area contributed by atoms with Crippen molar-refractivity contribution >= 4 is 17.6 Å². The Morgan fingerprint density at radius 3 is 2.45 bits per heavy atom. The molecule has 6 bridgehead atoms. The van der Waals surface area contributed by atoms with E-state index in [4.69, 9.17) is 10.1 Å². The Balaban J connectivity index is 1.55. The summed E-state index contributed by atoms with van der Waals surface area (Å²) in [6.07, 6.45) is 11.5. The smallest absolute Gasteiger partial charge is 0.322 e. The Hall–Kier alpha value is -3.98. The summed E-state index contributed by atoms with van der Waals surface area (Å²) in [5.74, 6) is -1.78. The molecule has 1 fully saturated rings. The molecule has 1 amide bonds. The van der Waals surface area contributed by atoms with Crippen LogP contribution in [0.4, 0.5) is 5.69 Å². The first-order valence-corrected chi connectivity index (χ1v) is 14.9. The Morgan fingerprint density at radius 1 is 1.14 bits per heavy atom. The topological polar surface area (TPSA) is 136 Å². The number of carbonyl (C=O) groups excluding carboxylic acids is 1. The minimum absolute atomic E-state index is 0.0685. The van der Waals surface area contributed by atoms with E-state index in [2.05, 4.69) is 64.6 Å². The van der Waals surface area contributed by atoms with Crippen LogP contribution in [0, 0.1) is 18.8 Å². The predicted octanol–water partition coefficient (Wildman–Crippen LogP) is 3.94. The Labute approximate surface area is 245 Å². The minimum atomic E-state index is -1.18. The number of nitrogens with one attached hydrogen (secondary N) is 1. The molecule has 9 nitrogen and oxygen atoms in total. The molecule has 0 saturated carbocycles. The van der Waals surface area contributed by atoms with Crippen LogP contribution in [0.1, 0.15) is 72.2 Å². The van der Waals surface area contributed by atoms with Crippen LogP contribution >= 0.6 is 0 Å². The molecule has 0 radical (unpaired) electrons. The number of nitrogens with zero attached hydrogens (tertiary/aromatic N) is 3. The zero-order valence-corrected chi connectivity index (χ0v) is 24.3. The summed E-state index contributed by atoms with van der Waals surface area (Å²) in [5, 5.41) is 32.9. The predicted molar refractivity (Wildman–Crippen MR) is 159 cm³/mol. The third kappa shape index (κ3) is 4.42. The molecular formula is C33H38N4O5. The van der Waals surface area contributed by atoms with Gasteiger partial charge < -0.3 is 25.5 Å². The number of carboxylic acid groups (broad SMARTS) is 1. The molecule has 2 aliphatic carbocycles. The molecule has 2 unspecified atom stereocenters. The molecule has 42 heavy (non-hydrogen) atoms. The number of fused-ring (bicyclic) bond motifs is 2. The molecule has 3 atom stereocenters. The maximum Gasteiger partial charge on any atom is 0.322 e. The maximum absolute atomic E-state index is 13.0. The molecule has 1 aromatic heterocycles. The summed E-state index contributed by atoms with van der Waals surface area (Å²) in [4.78, 5) is 36.0. The summed E-state index contributed by atoms with van der Waals surface area (Å²) < 4.78 is 0. The lowest BCUT2D eigenvalue weighted by Crippen LogP contribution is -2.50. The lowest BCUT2D eigenvalue weighted by Gasteiger charge is -2.51. The number of rotatable bonds is 9. The van der Waals surface area contributed by atoms with Crippen molar-refractivity contribution in [3.8, 4) is 5.75 Å². The second-order valence-electron chi connectivity index (χ2n) is 12.1. The number of amides is 1. The lowest BCUT2D eigenvalue weighted by molar-refractivity contribution is -0.135. The van der Waals surface area contributed by atoms with Crippen LogP contribution in [0.3, 0.4) is 0 Å². The van der Waals surface area contributed by atoms with Gasteiger partial charge in [-0.3, -0.25) is 9.59 Å². The van der Waals surface area contributed by atoms with E-state index in [1.807, 2.05) is 6.92 Å². The molecule has 1 aromatic carbocycles. The van der Waals surface area contributed by atoms with E-state index in [0.717, 1.165) is 31.5 Å². The maximum atomic E-state index is 13.0. The SMILES string of the molecule is CC[C@@H](O)Cc1cc2ccc1N1CCC(CC1)C2(C1C2=CC=C1C=C2)C(C)c1nc(C)c(O)c(C(=O)NCC(=O)O)n1. The van der Waals surface area contributed by atoms with Crippen molar-refractivity contribution in [1.82, 2.24) is 15.3 Å². The number of aliphatic hydroxyl groups is 1. The van der Waals surface area contributed by atoms with Gasteiger partial charge >= 0.3 is 5.97 Å². The number of aromatic nitrogens is 2. The summed E-state index contributed by atoms with van der Waals surface area (Å²) in [7, 11) is 0. The van der Waals surface area contributed by atoms with E-state index in [-0.39, 0.29) is 34.9 Å². The van der Waals surface area contributed by atoms with Gasteiger partial charge in [0, 0.05) is 42.4 Å². The highest BCUT2D eigenvalue weighted by Gasteiger charge is 2.56. The number of anilines is 1. The zero-order chi connectivity index (χ0) is 29.8.